The normalized spacial score (nSPS) is 11.3. The molecule has 0 aliphatic rings. The highest BCUT2D eigenvalue weighted by Gasteiger charge is 2.21. The molecule has 1 unspecified atom stereocenters. The molecule has 0 saturated carbocycles. The van der Waals surface area contributed by atoms with Crippen molar-refractivity contribution in [3.05, 3.63) is 102 Å². The number of aliphatic carboxylic acids is 1. The Kier molecular flexibility index (Phi) is 7.44. The largest absolute Gasteiger partial charge is 0.489 e. The fraction of sp³-hybridized carbons (Fsp3) is 0.167. The van der Waals surface area contributed by atoms with Gasteiger partial charge in [0.15, 0.2) is 0 Å². The molecule has 0 saturated heterocycles. The van der Waals surface area contributed by atoms with Crippen molar-refractivity contribution in [1.82, 2.24) is 5.32 Å². The van der Waals surface area contributed by atoms with Crippen molar-refractivity contribution in [3.63, 3.8) is 0 Å². The fourth-order valence-corrected chi connectivity index (χ4v) is 2.80. The van der Waals surface area contributed by atoms with Crippen LogP contribution in [0.15, 0.2) is 84.9 Å². The minimum atomic E-state index is -1.11. The smallest absolute Gasteiger partial charge is 0.408 e. The Morgan fingerprint density at radius 2 is 1.33 bits per heavy atom. The Morgan fingerprint density at radius 3 is 1.93 bits per heavy atom. The SMILES string of the molecule is O=C(NC(Cc1ccccc1)C(=O)O)OCc1ccc(COc2ccccc2)cc1. The van der Waals surface area contributed by atoms with Crippen LogP contribution in [0.2, 0.25) is 0 Å². The van der Waals surface area contributed by atoms with E-state index >= 15 is 0 Å². The second kappa shape index (κ2) is 10.7. The van der Waals surface area contributed by atoms with Gasteiger partial charge in [0.25, 0.3) is 0 Å². The minimum Gasteiger partial charge on any atom is -0.489 e. The zero-order chi connectivity index (χ0) is 21.2. The van der Waals surface area contributed by atoms with Gasteiger partial charge in [-0.3, -0.25) is 0 Å². The number of ether oxygens (including phenoxy) is 2. The van der Waals surface area contributed by atoms with E-state index in [1.807, 2.05) is 84.9 Å². The van der Waals surface area contributed by atoms with Crippen LogP contribution >= 0.6 is 0 Å². The first-order valence-corrected chi connectivity index (χ1v) is 9.56. The Hall–Kier alpha value is -3.80. The summed E-state index contributed by atoms with van der Waals surface area (Å²) in [7, 11) is 0. The summed E-state index contributed by atoms with van der Waals surface area (Å²) >= 11 is 0. The van der Waals surface area contributed by atoms with Crippen LogP contribution in [0.3, 0.4) is 0 Å². The van der Waals surface area contributed by atoms with E-state index < -0.39 is 18.1 Å². The summed E-state index contributed by atoms with van der Waals surface area (Å²) in [5.41, 5.74) is 2.60. The van der Waals surface area contributed by atoms with E-state index in [0.29, 0.717) is 6.61 Å². The van der Waals surface area contributed by atoms with Crippen molar-refractivity contribution in [2.24, 2.45) is 0 Å². The second-order valence-electron chi connectivity index (χ2n) is 6.72. The molecule has 2 N–H and O–H groups in total. The zero-order valence-electron chi connectivity index (χ0n) is 16.4. The van der Waals surface area contributed by atoms with Crippen LogP contribution in [-0.4, -0.2) is 23.2 Å². The van der Waals surface area contributed by atoms with Gasteiger partial charge in [0.05, 0.1) is 0 Å². The van der Waals surface area contributed by atoms with Gasteiger partial charge < -0.3 is 19.9 Å². The van der Waals surface area contributed by atoms with Crippen LogP contribution < -0.4 is 10.1 Å². The van der Waals surface area contributed by atoms with Crippen LogP contribution in [-0.2, 0) is 29.2 Å². The summed E-state index contributed by atoms with van der Waals surface area (Å²) < 4.78 is 10.9. The van der Waals surface area contributed by atoms with Gasteiger partial charge in [-0.25, -0.2) is 9.59 Å². The van der Waals surface area contributed by atoms with E-state index in [-0.39, 0.29) is 13.0 Å². The number of carboxylic acid groups (broad SMARTS) is 1. The molecule has 154 valence electrons. The molecular weight excluding hydrogens is 382 g/mol. The molecule has 0 fully saturated rings. The molecule has 0 aromatic heterocycles. The number of carbonyl (C=O) groups is 2. The van der Waals surface area contributed by atoms with Crippen molar-refractivity contribution >= 4 is 12.1 Å². The highest BCUT2D eigenvalue weighted by atomic mass is 16.5. The van der Waals surface area contributed by atoms with Crippen molar-refractivity contribution in [1.29, 1.82) is 0 Å². The number of hydrogen-bond donors (Lipinski definition) is 2. The quantitative estimate of drug-likeness (QED) is 0.558. The van der Waals surface area contributed by atoms with E-state index in [1.165, 1.54) is 0 Å². The van der Waals surface area contributed by atoms with Crippen molar-refractivity contribution in [2.45, 2.75) is 25.7 Å². The van der Waals surface area contributed by atoms with Gasteiger partial charge in [0.2, 0.25) is 0 Å². The van der Waals surface area contributed by atoms with E-state index in [2.05, 4.69) is 5.32 Å². The molecule has 3 aromatic carbocycles. The molecule has 0 heterocycles. The lowest BCUT2D eigenvalue weighted by Crippen LogP contribution is -2.42. The number of carbonyl (C=O) groups excluding carboxylic acids is 1. The first kappa shape index (κ1) is 20.9. The lowest BCUT2D eigenvalue weighted by Gasteiger charge is -2.15. The standard InChI is InChI=1S/C24H23NO5/c26-23(27)22(15-18-7-3-1-4-8-18)25-24(28)30-17-20-13-11-19(12-14-20)16-29-21-9-5-2-6-10-21/h1-14,22H,15-17H2,(H,25,28)(H,26,27). The highest BCUT2D eigenvalue weighted by Crippen LogP contribution is 2.13. The molecule has 3 rings (SSSR count). The lowest BCUT2D eigenvalue weighted by molar-refractivity contribution is -0.139. The number of nitrogens with one attached hydrogen (secondary N) is 1. The Balaban J connectivity index is 1.45. The van der Waals surface area contributed by atoms with Crippen LogP contribution in [0, 0.1) is 0 Å². The second-order valence-corrected chi connectivity index (χ2v) is 6.72. The van der Waals surface area contributed by atoms with Crippen LogP contribution in [0.4, 0.5) is 4.79 Å². The Labute approximate surface area is 175 Å². The number of para-hydroxylation sites is 1. The first-order chi connectivity index (χ1) is 14.6. The third kappa shape index (κ3) is 6.67. The number of rotatable bonds is 9. The van der Waals surface area contributed by atoms with Gasteiger partial charge >= 0.3 is 12.1 Å². The summed E-state index contributed by atoms with van der Waals surface area (Å²) in [6.45, 7) is 0.481. The maximum absolute atomic E-state index is 12.0. The van der Waals surface area contributed by atoms with Gasteiger partial charge in [-0.2, -0.15) is 0 Å². The van der Waals surface area contributed by atoms with E-state index in [9.17, 15) is 14.7 Å². The maximum Gasteiger partial charge on any atom is 0.408 e. The average Bonchev–Trinajstić information content (AvgIpc) is 2.78. The molecule has 1 amide bonds. The van der Waals surface area contributed by atoms with Crippen LogP contribution in [0.5, 0.6) is 5.75 Å². The number of amides is 1. The predicted molar refractivity (Wildman–Crippen MR) is 112 cm³/mol. The average molecular weight is 405 g/mol. The van der Waals surface area contributed by atoms with Crippen molar-refractivity contribution in [3.8, 4) is 5.75 Å². The number of hydrogen-bond acceptors (Lipinski definition) is 4. The molecule has 30 heavy (non-hydrogen) atoms. The molecular formula is C24H23NO5. The summed E-state index contributed by atoms with van der Waals surface area (Å²) in [5.74, 6) is -0.316. The molecule has 0 aliphatic heterocycles. The molecule has 0 radical (unpaired) electrons. The van der Waals surface area contributed by atoms with Crippen molar-refractivity contribution < 1.29 is 24.2 Å². The fourth-order valence-electron chi connectivity index (χ4n) is 2.80. The van der Waals surface area contributed by atoms with Crippen LogP contribution in [0.25, 0.3) is 0 Å². The molecule has 6 nitrogen and oxygen atoms in total. The third-order valence-corrected chi connectivity index (χ3v) is 4.41. The van der Waals surface area contributed by atoms with Gasteiger partial charge in [-0.15, -0.1) is 0 Å². The monoisotopic (exact) mass is 405 g/mol. The predicted octanol–water partition coefficient (Wildman–Crippen LogP) is 4.19. The van der Waals surface area contributed by atoms with E-state index in [0.717, 1.165) is 22.4 Å². The number of alkyl carbamates (subject to hydrolysis) is 1. The molecule has 0 bridgehead atoms. The molecule has 0 spiro atoms. The van der Waals surface area contributed by atoms with Crippen molar-refractivity contribution in [2.75, 3.05) is 0 Å². The third-order valence-electron chi connectivity index (χ3n) is 4.41. The van der Waals surface area contributed by atoms with Gasteiger partial charge in [-0.1, -0.05) is 72.8 Å². The number of benzene rings is 3. The van der Waals surface area contributed by atoms with E-state index in [1.54, 1.807) is 0 Å². The number of carboxylic acids is 1. The minimum absolute atomic E-state index is 0.0450. The van der Waals surface area contributed by atoms with Gasteiger partial charge in [0.1, 0.15) is 25.0 Å². The molecule has 0 aliphatic carbocycles. The zero-order valence-corrected chi connectivity index (χ0v) is 16.4. The molecule has 6 heteroatoms. The molecule has 3 aromatic rings. The molecule has 1 atom stereocenters. The Morgan fingerprint density at radius 1 is 0.767 bits per heavy atom. The maximum atomic E-state index is 12.0. The summed E-state index contributed by atoms with van der Waals surface area (Å²) in [6, 6.07) is 25.1. The van der Waals surface area contributed by atoms with Crippen LogP contribution in [0.1, 0.15) is 16.7 Å². The summed E-state index contributed by atoms with van der Waals surface area (Å²) in [4.78, 5) is 23.5. The topological polar surface area (TPSA) is 84.9 Å². The summed E-state index contributed by atoms with van der Waals surface area (Å²) in [5, 5.41) is 11.8. The van der Waals surface area contributed by atoms with E-state index in [4.69, 9.17) is 9.47 Å². The lowest BCUT2D eigenvalue weighted by atomic mass is 10.1. The summed E-state index contributed by atoms with van der Waals surface area (Å²) in [6.07, 6.45) is -0.587. The Bertz CT molecular complexity index is 942. The van der Waals surface area contributed by atoms with Gasteiger partial charge in [0, 0.05) is 6.42 Å². The van der Waals surface area contributed by atoms with Gasteiger partial charge in [-0.05, 0) is 28.8 Å². The highest BCUT2D eigenvalue weighted by molar-refractivity contribution is 5.80. The first-order valence-electron chi connectivity index (χ1n) is 9.56.